The summed E-state index contributed by atoms with van der Waals surface area (Å²) in [6.45, 7) is 5.22. The van der Waals surface area contributed by atoms with Gasteiger partial charge in [0.25, 0.3) is 0 Å². The van der Waals surface area contributed by atoms with Crippen LogP contribution in [0.25, 0.3) is 0 Å². The van der Waals surface area contributed by atoms with Gasteiger partial charge in [-0.3, -0.25) is 9.59 Å². The minimum absolute atomic E-state index is 0.0837. The van der Waals surface area contributed by atoms with E-state index in [0.29, 0.717) is 11.3 Å². The molecule has 2 aromatic rings. The molecule has 2 rings (SSSR count). The van der Waals surface area contributed by atoms with Crippen LogP contribution in [0.15, 0.2) is 48.5 Å². The summed E-state index contributed by atoms with van der Waals surface area (Å²) in [5.74, 6) is -0.493. The van der Waals surface area contributed by atoms with Crippen LogP contribution in [0.1, 0.15) is 36.6 Å². The molecule has 0 aliphatic heterocycles. The number of carbonyl (C=O) groups excluding carboxylic acids is 2. The number of rotatable bonds is 7. The van der Waals surface area contributed by atoms with Crippen LogP contribution in [-0.4, -0.2) is 22.8 Å². The van der Waals surface area contributed by atoms with Crippen LogP contribution in [0.4, 0.5) is 18.9 Å². The molecule has 4 nitrogen and oxygen atoms in total. The molecule has 2 N–H and O–H groups in total. The molecule has 0 heterocycles. The highest BCUT2D eigenvalue weighted by atomic mass is 32.2. The summed E-state index contributed by atoms with van der Waals surface area (Å²) in [5, 5.41) is 4.91. The third-order valence-electron chi connectivity index (χ3n) is 4.24. The standard InChI is InChI=1S/C21H23F3N2O2S/c1-13-7-9-18(10-8-13)26-19(27)12-29-15(3)20(28)25-14(2)16-5-4-6-17(11-16)21(22,23)24/h4-11,14-15H,12H2,1-3H3,(H,25,28)(H,26,27). The lowest BCUT2D eigenvalue weighted by Crippen LogP contribution is -2.34. The maximum absolute atomic E-state index is 12.8. The first-order valence-electron chi connectivity index (χ1n) is 9.02. The van der Waals surface area contributed by atoms with E-state index < -0.39 is 23.0 Å². The van der Waals surface area contributed by atoms with Crippen molar-refractivity contribution in [2.24, 2.45) is 0 Å². The molecule has 2 aromatic carbocycles. The van der Waals surface area contributed by atoms with Gasteiger partial charge in [0, 0.05) is 5.69 Å². The zero-order valence-electron chi connectivity index (χ0n) is 16.3. The van der Waals surface area contributed by atoms with Crippen molar-refractivity contribution in [1.82, 2.24) is 5.32 Å². The number of halogens is 3. The predicted molar refractivity (Wildman–Crippen MR) is 110 cm³/mol. The highest BCUT2D eigenvalue weighted by molar-refractivity contribution is 8.01. The summed E-state index contributed by atoms with van der Waals surface area (Å²) in [4.78, 5) is 24.4. The normalized spacial score (nSPS) is 13.4. The molecular weight excluding hydrogens is 401 g/mol. The molecule has 156 valence electrons. The van der Waals surface area contributed by atoms with Gasteiger partial charge in [-0.05, 0) is 50.6 Å². The van der Waals surface area contributed by atoms with E-state index in [1.165, 1.54) is 12.1 Å². The summed E-state index contributed by atoms with van der Waals surface area (Å²) in [7, 11) is 0. The van der Waals surface area contributed by atoms with Crippen LogP contribution in [-0.2, 0) is 15.8 Å². The van der Waals surface area contributed by atoms with E-state index in [1.807, 2.05) is 19.1 Å². The fourth-order valence-electron chi connectivity index (χ4n) is 2.51. The number of hydrogen-bond acceptors (Lipinski definition) is 3. The second kappa shape index (κ2) is 9.82. The van der Waals surface area contributed by atoms with Crippen molar-refractivity contribution in [3.63, 3.8) is 0 Å². The van der Waals surface area contributed by atoms with Crippen molar-refractivity contribution < 1.29 is 22.8 Å². The smallest absolute Gasteiger partial charge is 0.349 e. The summed E-state index contributed by atoms with van der Waals surface area (Å²) in [6.07, 6.45) is -4.44. The van der Waals surface area contributed by atoms with E-state index in [0.717, 1.165) is 29.5 Å². The zero-order valence-corrected chi connectivity index (χ0v) is 17.2. The van der Waals surface area contributed by atoms with Crippen molar-refractivity contribution in [3.8, 4) is 0 Å². The Bertz CT molecular complexity index is 854. The van der Waals surface area contributed by atoms with Crippen molar-refractivity contribution in [2.75, 3.05) is 11.1 Å². The monoisotopic (exact) mass is 424 g/mol. The number of carbonyl (C=O) groups is 2. The van der Waals surface area contributed by atoms with Gasteiger partial charge in [0.2, 0.25) is 11.8 Å². The SMILES string of the molecule is Cc1ccc(NC(=O)CSC(C)C(=O)NC(C)c2cccc(C(F)(F)F)c2)cc1. The lowest BCUT2D eigenvalue weighted by Gasteiger charge is -2.19. The molecule has 2 amide bonds. The van der Waals surface area contributed by atoms with Crippen molar-refractivity contribution >= 4 is 29.3 Å². The first-order valence-corrected chi connectivity index (χ1v) is 10.1. The van der Waals surface area contributed by atoms with E-state index in [1.54, 1.807) is 26.0 Å². The van der Waals surface area contributed by atoms with Crippen LogP contribution in [0.2, 0.25) is 0 Å². The van der Waals surface area contributed by atoms with Crippen molar-refractivity contribution in [3.05, 3.63) is 65.2 Å². The van der Waals surface area contributed by atoms with Gasteiger partial charge in [-0.1, -0.05) is 29.8 Å². The maximum Gasteiger partial charge on any atom is 0.416 e. The summed E-state index contributed by atoms with van der Waals surface area (Å²) in [5.41, 5.74) is 1.36. The quantitative estimate of drug-likeness (QED) is 0.661. The molecule has 29 heavy (non-hydrogen) atoms. The minimum atomic E-state index is -4.44. The molecule has 8 heteroatoms. The second-order valence-electron chi connectivity index (χ2n) is 6.72. The molecule has 0 spiro atoms. The fourth-order valence-corrected chi connectivity index (χ4v) is 3.20. The van der Waals surface area contributed by atoms with Gasteiger partial charge in [-0.2, -0.15) is 13.2 Å². The third-order valence-corrected chi connectivity index (χ3v) is 5.38. The van der Waals surface area contributed by atoms with Crippen molar-refractivity contribution in [1.29, 1.82) is 0 Å². The first-order chi connectivity index (χ1) is 13.6. The summed E-state index contributed by atoms with van der Waals surface area (Å²) in [6, 6.07) is 11.6. The highest BCUT2D eigenvalue weighted by Crippen LogP contribution is 2.30. The number of aryl methyl sites for hydroxylation is 1. The second-order valence-corrected chi connectivity index (χ2v) is 8.05. The van der Waals surface area contributed by atoms with E-state index in [-0.39, 0.29) is 17.6 Å². The summed E-state index contributed by atoms with van der Waals surface area (Å²) >= 11 is 1.16. The van der Waals surface area contributed by atoms with Gasteiger partial charge in [0.1, 0.15) is 0 Å². The molecule has 0 saturated heterocycles. The van der Waals surface area contributed by atoms with Gasteiger partial charge in [0.05, 0.1) is 22.6 Å². The Morgan fingerprint density at radius 2 is 1.72 bits per heavy atom. The number of alkyl halides is 3. The molecule has 0 saturated carbocycles. The average Bonchev–Trinajstić information content (AvgIpc) is 2.67. The molecule has 0 aliphatic carbocycles. The number of thioether (sulfide) groups is 1. The molecule has 0 fully saturated rings. The lowest BCUT2D eigenvalue weighted by molar-refractivity contribution is -0.137. The number of amides is 2. The van der Waals surface area contributed by atoms with Crippen LogP contribution in [0, 0.1) is 6.92 Å². The third kappa shape index (κ3) is 7.12. The predicted octanol–water partition coefficient (Wildman–Crippen LogP) is 4.95. The number of anilines is 1. The molecule has 0 bridgehead atoms. The molecule has 0 aliphatic rings. The summed E-state index contributed by atoms with van der Waals surface area (Å²) < 4.78 is 38.5. The Morgan fingerprint density at radius 1 is 1.07 bits per heavy atom. The molecule has 0 aromatic heterocycles. The average molecular weight is 424 g/mol. The number of benzene rings is 2. The number of nitrogens with one attached hydrogen (secondary N) is 2. The Balaban J connectivity index is 1.85. The molecule has 2 unspecified atom stereocenters. The van der Waals surface area contributed by atoms with Gasteiger partial charge in [0.15, 0.2) is 0 Å². The van der Waals surface area contributed by atoms with E-state index in [2.05, 4.69) is 10.6 Å². The number of hydrogen-bond donors (Lipinski definition) is 2. The van der Waals surface area contributed by atoms with Gasteiger partial charge in [-0.25, -0.2) is 0 Å². The van der Waals surface area contributed by atoms with E-state index in [9.17, 15) is 22.8 Å². The van der Waals surface area contributed by atoms with Crippen LogP contribution in [0.3, 0.4) is 0 Å². The topological polar surface area (TPSA) is 58.2 Å². The Morgan fingerprint density at radius 3 is 2.34 bits per heavy atom. The van der Waals surface area contributed by atoms with Crippen LogP contribution < -0.4 is 10.6 Å². The Hall–Kier alpha value is -2.48. The Labute approximate surface area is 172 Å². The zero-order chi connectivity index (χ0) is 21.6. The molecule has 2 atom stereocenters. The van der Waals surface area contributed by atoms with E-state index >= 15 is 0 Å². The first kappa shape index (κ1) is 22.8. The largest absolute Gasteiger partial charge is 0.416 e. The maximum atomic E-state index is 12.8. The van der Waals surface area contributed by atoms with Crippen molar-refractivity contribution in [2.45, 2.75) is 38.2 Å². The van der Waals surface area contributed by atoms with E-state index in [4.69, 9.17) is 0 Å². The fraction of sp³-hybridized carbons (Fsp3) is 0.333. The molecular formula is C21H23F3N2O2S. The lowest BCUT2D eigenvalue weighted by atomic mass is 10.0. The molecule has 0 radical (unpaired) electrons. The van der Waals surface area contributed by atoms with Crippen LogP contribution in [0.5, 0.6) is 0 Å². The highest BCUT2D eigenvalue weighted by Gasteiger charge is 2.31. The van der Waals surface area contributed by atoms with Gasteiger partial charge < -0.3 is 10.6 Å². The van der Waals surface area contributed by atoms with Gasteiger partial charge >= 0.3 is 6.18 Å². The van der Waals surface area contributed by atoms with Gasteiger partial charge in [-0.15, -0.1) is 11.8 Å². The minimum Gasteiger partial charge on any atom is -0.349 e. The van der Waals surface area contributed by atoms with Crippen LogP contribution >= 0.6 is 11.8 Å². The Kier molecular flexibility index (Phi) is 7.73.